The lowest BCUT2D eigenvalue weighted by molar-refractivity contribution is 0.101. The fourth-order valence-electron chi connectivity index (χ4n) is 0.894. The van der Waals surface area contributed by atoms with Crippen LogP contribution in [-0.2, 0) is 0 Å². The van der Waals surface area contributed by atoms with Crippen molar-refractivity contribution in [3.8, 4) is 0 Å². The van der Waals surface area contributed by atoms with Crippen molar-refractivity contribution < 1.29 is 4.79 Å². The second-order valence-electron chi connectivity index (χ2n) is 2.59. The molecule has 0 fully saturated rings. The van der Waals surface area contributed by atoms with Crippen LogP contribution in [0.2, 0.25) is 0 Å². The highest BCUT2D eigenvalue weighted by Crippen LogP contribution is 2.19. The summed E-state index contributed by atoms with van der Waals surface area (Å²) < 4.78 is 0.668. The highest BCUT2D eigenvalue weighted by molar-refractivity contribution is 9.10. The molecule has 0 unspecified atom stereocenters. The van der Waals surface area contributed by atoms with Crippen LogP contribution in [-0.4, -0.2) is 10.8 Å². The number of carbonyl (C=O) groups is 1. The standard InChI is InChI=1S/C8H9BrN2O/c1-4-3-6(10)7(5(2)12)11-8(4)9/h3H,10H2,1-2H3. The van der Waals surface area contributed by atoms with Gasteiger partial charge in [-0.25, -0.2) is 4.98 Å². The lowest BCUT2D eigenvalue weighted by atomic mass is 10.2. The zero-order valence-electron chi connectivity index (χ0n) is 6.89. The topological polar surface area (TPSA) is 56.0 Å². The summed E-state index contributed by atoms with van der Waals surface area (Å²) in [5, 5.41) is 0. The van der Waals surface area contributed by atoms with E-state index in [1.54, 1.807) is 6.07 Å². The van der Waals surface area contributed by atoms with E-state index in [-0.39, 0.29) is 5.78 Å². The highest BCUT2D eigenvalue weighted by atomic mass is 79.9. The predicted molar refractivity (Wildman–Crippen MR) is 51.1 cm³/mol. The summed E-state index contributed by atoms with van der Waals surface area (Å²) in [5.74, 6) is -0.117. The second kappa shape index (κ2) is 3.23. The highest BCUT2D eigenvalue weighted by Gasteiger charge is 2.08. The van der Waals surface area contributed by atoms with Gasteiger partial charge in [-0.1, -0.05) is 0 Å². The zero-order chi connectivity index (χ0) is 9.30. The first kappa shape index (κ1) is 9.19. The molecule has 3 nitrogen and oxygen atoms in total. The largest absolute Gasteiger partial charge is 0.397 e. The Labute approximate surface area is 79.1 Å². The van der Waals surface area contributed by atoms with Gasteiger partial charge in [0.2, 0.25) is 0 Å². The van der Waals surface area contributed by atoms with Crippen LogP contribution < -0.4 is 5.73 Å². The number of halogens is 1. The maximum absolute atomic E-state index is 11.0. The first-order chi connectivity index (χ1) is 5.52. The van der Waals surface area contributed by atoms with Gasteiger partial charge < -0.3 is 5.73 Å². The summed E-state index contributed by atoms with van der Waals surface area (Å²) in [4.78, 5) is 15.0. The van der Waals surface area contributed by atoms with Crippen molar-refractivity contribution >= 4 is 27.4 Å². The molecular weight excluding hydrogens is 220 g/mol. The van der Waals surface area contributed by atoms with Gasteiger partial charge in [-0.15, -0.1) is 0 Å². The minimum absolute atomic E-state index is 0.117. The minimum atomic E-state index is -0.117. The Morgan fingerprint density at radius 1 is 1.67 bits per heavy atom. The van der Waals surface area contributed by atoms with E-state index in [1.807, 2.05) is 6.92 Å². The molecule has 12 heavy (non-hydrogen) atoms. The van der Waals surface area contributed by atoms with Crippen LogP contribution in [0.25, 0.3) is 0 Å². The SMILES string of the molecule is CC(=O)c1nc(Br)c(C)cc1N. The van der Waals surface area contributed by atoms with Crippen LogP contribution in [0.4, 0.5) is 5.69 Å². The van der Waals surface area contributed by atoms with Crippen molar-refractivity contribution in [2.24, 2.45) is 0 Å². The molecule has 0 aliphatic carbocycles. The number of ketones is 1. The molecular formula is C8H9BrN2O. The monoisotopic (exact) mass is 228 g/mol. The molecule has 0 aromatic carbocycles. The van der Waals surface area contributed by atoms with E-state index in [4.69, 9.17) is 5.73 Å². The van der Waals surface area contributed by atoms with Gasteiger partial charge >= 0.3 is 0 Å². The molecule has 1 aromatic heterocycles. The number of anilines is 1. The molecule has 1 heterocycles. The van der Waals surface area contributed by atoms with Crippen molar-refractivity contribution in [1.82, 2.24) is 4.98 Å². The van der Waals surface area contributed by atoms with Gasteiger partial charge in [0.1, 0.15) is 10.3 Å². The number of pyridine rings is 1. The Bertz CT molecular complexity index is 336. The number of nitrogens with two attached hydrogens (primary N) is 1. The molecule has 2 N–H and O–H groups in total. The maximum Gasteiger partial charge on any atom is 0.180 e. The van der Waals surface area contributed by atoms with Gasteiger partial charge in [0, 0.05) is 6.92 Å². The van der Waals surface area contributed by atoms with Crippen molar-refractivity contribution in [3.05, 3.63) is 21.9 Å². The summed E-state index contributed by atoms with van der Waals surface area (Å²) in [6.07, 6.45) is 0. The number of aryl methyl sites for hydroxylation is 1. The van der Waals surface area contributed by atoms with Crippen molar-refractivity contribution in [2.75, 3.05) is 5.73 Å². The van der Waals surface area contributed by atoms with Crippen LogP contribution in [0.3, 0.4) is 0 Å². The molecule has 4 heteroatoms. The third-order valence-electron chi connectivity index (χ3n) is 1.51. The Balaban J connectivity index is 3.33. The average Bonchev–Trinajstić information content (AvgIpc) is 1.96. The summed E-state index contributed by atoms with van der Waals surface area (Å²) in [5.41, 5.74) is 7.28. The van der Waals surface area contributed by atoms with E-state index in [9.17, 15) is 4.79 Å². The fourth-order valence-corrected chi connectivity index (χ4v) is 1.19. The Morgan fingerprint density at radius 2 is 2.25 bits per heavy atom. The van der Waals surface area contributed by atoms with Crippen LogP contribution in [0, 0.1) is 6.92 Å². The number of nitrogen functional groups attached to an aromatic ring is 1. The normalized spacial score (nSPS) is 9.92. The molecule has 0 amide bonds. The second-order valence-corrected chi connectivity index (χ2v) is 3.34. The van der Waals surface area contributed by atoms with Gasteiger partial charge in [-0.05, 0) is 34.5 Å². The number of hydrogen-bond acceptors (Lipinski definition) is 3. The van der Waals surface area contributed by atoms with Crippen molar-refractivity contribution in [3.63, 3.8) is 0 Å². The van der Waals surface area contributed by atoms with E-state index in [2.05, 4.69) is 20.9 Å². The van der Waals surface area contributed by atoms with E-state index < -0.39 is 0 Å². The molecule has 1 aromatic rings. The molecule has 0 spiro atoms. The maximum atomic E-state index is 11.0. The van der Waals surface area contributed by atoms with E-state index in [0.29, 0.717) is 16.0 Å². The molecule has 0 aliphatic rings. The summed E-state index contributed by atoms with van der Waals surface area (Å²) in [6, 6.07) is 1.73. The van der Waals surface area contributed by atoms with E-state index >= 15 is 0 Å². The first-order valence-electron chi connectivity index (χ1n) is 3.46. The molecule has 0 aliphatic heterocycles. The zero-order valence-corrected chi connectivity index (χ0v) is 8.47. The van der Waals surface area contributed by atoms with Crippen LogP contribution in [0.5, 0.6) is 0 Å². The fraction of sp³-hybridized carbons (Fsp3) is 0.250. The van der Waals surface area contributed by atoms with Gasteiger partial charge in [-0.2, -0.15) is 0 Å². The van der Waals surface area contributed by atoms with E-state index in [0.717, 1.165) is 5.56 Å². The quantitative estimate of drug-likeness (QED) is 0.591. The number of carbonyl (C=O) groups excluding carboxylic acids is 1. The minimum Gasteiger partial charge on any atom is -0.397 e. The molecule has 0 saturated carbocycles. The third-order valence-corrected chi connectivity index (χ3v) is 2.32. The number of aromatic nitrogens is 1. The van der Waals surface area contributed by atoms with Gasteiger partial charge in [0.05, 0.1) is 5.69 Å². The number of nitrogens with zero attached hydrogens (tertiary/aromatic N) is 1. The summed E-state index contributed by atoms with van der Waals surface area (Å²) in [7, 11) is 0. The van der Waals surface area contributed by atoms with Crippen molar-refractivity contribution in [2.45, 2.75) is 13.8 Å². The van der Waals surface area contributed by atoms with Gasteiger partial charge in [0.15, 0.2) is 5.78 Å². The molecule has 0 saturated heterocycles. The first-order valence-corrected chi connectivity index (χ1v) is 4.25. The number of Topliss-reactive ketones (excluding diaryl/α,β-unsaturated/α-hetero) is 1. The van der Waals surface area contributed by atoms with Crippen LogP contribution >= 0.6 is 15.9 Å². The Morgan fingerprint density at radius 3 is 2.75 bits per heavy atom. The van der Waals surface area contributed by atoms with Crippen LogP contribution in [0.15, 0.2) is 10.7 Å². The Hall–Kier alpha value is -0.900. The average molecular weight is 229 g/mol. The van der Waals surface area contributed by atoms with E-state index in [1.165, 1.54) is 6.92 Å². The number of rotatable bonds is 1. The van der Waals surface area contributed by atoms with Gasteiger partial charge in [0.25, 0.3) is 0 Å². The molecule has 0 radical (unpaired) electrons. The van der Waals surface area contributed by atoms with Gasteiger partial charge in [-0.3, -0.25) is 4.79 Å². The van der Waals surface area contributed by atoms with Crippen LogP contribution in [0.1, 0.15) is 23.0 Å². The molecule has 0 bridgehead atoms. The third kappa shape index (κ3) is 1.64. The lowest BCUT2D eigenvalue weighted by Gasteiger charge is -2.03. The molecule has 1 rings (SSSR count). The smallest absolute Gasteiger partial charge is 0.180 e. The number of hydrogen-bond donors (Lipinski definition) is 1. The summed E-state index contributed by atoms with van der Waals surface area (Å²) in [6.45, 7) is 3.32. The molecule has 64 valence electrons. The summed E-state index contributed by atoms with van der Waals surface area (Å²) >= 11 is 3.23. The van der Waals surface area contributed by atoms with Crippen molar-refractivity contribution in [1.29, 1.82) is 0 Å². The predicted octanol–water partition coefficient (Wildman–Crippen LogP) is 1.94. The molecule has 0 atom stereocenters. The Kier molecular flexibility index (Phi) is 2.47. The lowest BCUT2D eigenvalue weighted by Crippen LogP contribution is -2.04.